The molecule has 0 N–H and O–H groups in total. The Morgan fingerprint density at radius 3 is 2.40 bits per heavy atom. The van der Waals surface area contributed by atoms with E-state index < -0.39 is 0 Å². The van der Waals surface area contributed by atoms with Crippen LogP contribution in [0.4, 0.5) is 0 Å². The first-order valence-electron chi connectivity index (χ1n) is 6.89. The Bertz CT molecular complexity index is 453. The first-order chi connectivity index (χ1) is 9.61. The van der Waals surface area contributed by atoms with Crippen LogP contribution in [0.2, 0.25) is 0 Å². The second-order valence-electron chi connectivity index (χ2n) is 5.02. The van der Waals surface area contributed by atoms with Gasteiger partial charge in [0.2, 0.25) is 11.8 Å². The second-order valence-corrected chi connectivity index (χ2v) is 5.02. The number of aromatic nitrogens is 4. The van der Waals surface area contributed by atoms with E-state index in [1.165, 1.54) is 11.0 Å². The maximum atomic E-state index is 12.1. The molecule has 1 aromatic heterocycles. The van der Waals surface area contributed by atoms with E-state index in [-0.39, 0.29) is 24.3 Å². The van der Waals surface area contributed by atoms with Crippen molar-refractivity contribution in [3.63, 3.8) is 0 Å². The molecule has 1 fully saturated rings. The molecular formula is C12H20N6O2. The Balaban J connectivity index is 1.82. The first kappa shape index (κ1) is 14.4. The minimum Gasteiger partial charge on any atom is -0.339 e. The summed E-state index contributed by atoms with van der Waals surface area (Å²) in [5, 5.41) is 10.7. The van der Waals surface area contributed by atoms with Crippen LogP contribution in [0.1, 0.15) is 20.3 Å². The highest BCUT2D eigenvalue weighted by atomic mass is 16.2. The van der Waals surface area contributed by atoms with Gasteiger partial charge >= 0.3 is 0 Å². The van der Waals surface area contributed by atoms with Gasteiger partial charge in [0, 0.05) is 32.1 Å². The van der Waals surface area contributed by atoms with Gasteiger partial charge < -0.3 is 9.80 Å². The average molecular weight is 280 g/mol. The van der Waals surface area contributed by atoms with Crippen molar-refractivity contribution in [2.45, 2.75) is 26.8 Å². The molecule has 1 aliphatic heterocycles. The molecule has 2 amide bonds. The molecule has 0 saturated carbocycles. The maximum Gasteiger partial charge on any atom is 0.244 e. The van der Waals surface area contributed by atoms with Crippen molar-refractivity contribution in [1.29, 1.82) is 0 Å². The van der Waals surface area contributed by atoms with E-state index in [0.29, 0.717) is 26.2 Å². The van der Waals surface area contributed by atoms with Gasteiger partial charge in [0.05, 0.1) is 0 Å². The third-order valence-electron chi connectivity index (χ3n) is 3.67. The topological polar surface area (TPSA) is 84.2 Å². The molecule has 110 valence electrons. The zero-order valence-electron chi connectivity index (χ0n) is 11.9. The summed E-state index contributed by atoms with van der Waals surface area (Å²) < 4.78 is 1.40. The fourth-order valence-corrected chi connectivity index (χ4v) is 2.15. The van der Waals surface area contributed by atoms with Crippen molar-refractivity contribution in [3.8, 4) is 0 Å². The summed E-state index contributed by atoms with van der Waals surface area (Å²) in [4.78, 5) is 27.7. The molecule has 1 unspecified atom stereocenters. The van der Waals surface area contributed by atoms with Crippen molar-refractivity contribution < 1.29 is 9.59 Å². The number of nitrogens with zero attached hydrogens (tertiary/aromatic N) is 6. The Morgan fingerprint density at radius 1 is 1.20 bits per heavy atom. The van der Waals surface area contributed by atoms with Crippen LogP contribution in [0.3, 0.4) is 0 Å². The summed E-state index contributed by atoms with van der Waals surface area (Å²) in [6, 6.07) is 0. The largest absolute Gasteiger partial charge is 0.339 e. The molecule has 20 heavy (non-hydrogen) atoms. The maximum absolute atomic E-state index is 12.1. The monoisotopic (exact) mass is 280 g/mol. The summed E-state index contributed by atoms with van der Waals surface area (Å²) in [5.74, 6) is 0.214. The molecule has 0 bridgehead atoms. The Hall–Kier alpha value is -1.99. The zero-order valence-corrected chi connectivity index (χ0v) is 11.9. The molecule has 0 spiro atoms. The highest BCUT2D eigenvalue weighted by Crippen LogP contribution is 2.10. The number of tetrazole rings is 1. The van der Waals surface area contributed by atoms with Crippen LogP contribution in [0.15, 0.2) is 6.33 Å². The van der Waals surface area contributed by atoms with E-state index in [1.807, 2.05) is 18.7 Å². The van der Waals surface area contributed by atoms with Crippen molar-refractivity contribution >= 4 is 11.8 Å². The number of hydrogen-bond acceptors (Lipinski definition) is 5. The summed E-state index contributed by atoms with van der Waals surface area (Å²) >= 11 is 0. The first-order valence-corrected chi connectivity index (χ1v) is 6.89. The standard InChI is InChI=1S/C12H20N6O2/c1-3-10(2)12(20)17-6-4-16(5-7-17)11(19)8-18-9-13-14-15-18/h9-10H,3-8H2,1-2H3. The number of piperazine rings is 1. The number of amides is 2. The summed E-state index contributed by atoms with van der Waals surface area (Å²) in [5.41, 5.74) is 0. The lowest BCUT2D eigenvalue weighted by molar-refractivity contribution is -0.142. The summed E-state index contributed by atoms with van der Waals surface area (Å²) in [6.45, 7) is 6.44. The normalized spacial score (nSPS) is 17.1. The molecule has 0 aromatic carbocycles. The van der Waals surface area contributed by atoms with Crippen molar-refractivity contribution in [3.05, 3.63) is 6.33 Å². The van der Waals surface area contributed by atoms with Crippen LogP contribution in [-0.4, -0.2) is 68.0 Å². The predicted molar refractivity (Wildman–Crippen MR) is 70.4 cm³/mol. The lowest BCUT2D eigenvalue weighted by Gasteiger charge is -2.35. The summed E-state index contributed by atoms with van der Waals surface area (Å²) in [6.07, 6.45) is 2.26. The Morgan fingerprint density at radius 2 is 1.85 bits per heavy atom. The second kappa shape index (κ2) is 6.44. The Labute approximate surface area is 117 Å². The molecule has 2 heterocycles. The van der Waals surface area contributed by atoms with Gasteiger partial charge in [-0.2, -0.15) is 0 Å². The van der Waals surface area contributed by atoms with Crippen LogP contribution in [0, 0.1) is 5.92 Å². The van der Waals surface area contributed by atoms with Crippen molar-refractivity contribution in [2.24, 2.45) is 5.92 Å². The van der Waals surface area contributed by atoms with Gasteiger partial charge in [-0.15, -0.1) is 5.10 Å². The van der Waals surface area contributed by atoms with Crippen molar-refractivity contribution in [2.75, 3.05) is 26.2 Å². The van der Waals surface area contributed by atoms with E-state index in [2.05, 4.69) is 15.5 Å². The highest BCUT2D eigenvalue weighted by Gasteiger charge is 2.26. The number of hydrogen-bond donors (Lipinski definition) is 0. The van der Waals surface area contributed by atoms with Gasteiger partial charge in [0.25, 0.3) is 0 Å². The number of carbonyl (C=O) groups excluding carboxylic acids is 2. The van der Waals surface area contributed by atoms with Gasteiger partial charge in [-0.25, -0.2) is 4.68 Å². The zero-order chi connectivity index (χ0) is 14.5. The van der Waals surface area contributed by atoms with Gasteiger partial charge in [-0.05, 0) is 16.8 Å². The SMILES string of the molecule is CCC(C)C(=O)N1CCN(C(=O)Cn2cnnn2)CC1. The van der Waals surface area contributed by atoms with Crippen molar-refractivity contribution in [1.82, 2.24) is 30.0 Å². The van der Waals surface area contributed by atoms with Gasteiger partial charge in [0.15, 0.2) is 0 Å². The third kappa shape index (κ3) is 3.31. The van der Waals surface area contributed by atoms with Crippen LogP contribution >= 0.6 is 0 Å². The van der Waals surface area contributed by atoms with E-state index in [1.54, 1.807) is 4.90 Å². The van der Waals surface area contributed by atoms with Crippen LogP contribution in [-0.2, 0) is 16.1 Å². The van der Waals surface area contributed by atoms with E-state index in [0.717, 1.165) is 6.42 Å². The lowest BCUT2D eigenvalue weighted by Crippen LogP contribution is -2.52. The van der Waals surface area contributed by atoms with E-state index in [4.69, 9.17) is 0 Å². The smallest absolute Gasteiger partial charge is 0.244 e. The average Bonchev–Trinajstić information content (AvgIpc) is 2.98. The number of rotatable bonds is 4. The number of carbonyl (C=O) groups is 2. The molecule has 1 aliphatic rings. The minimum atomic E-state index is -0.0204. The van der Waals surface area contributed by atoms with E-state index >= 15 is 0 Å². The van der Waals surface area contributed by atoms with Crippen LogP contribution in [0.25, 0.3) is 0 Å². The molecule has 0 radical (unpaired) electrons. The molecule has 1 saturated heterocycles. The lowest BCUT2D eigenvalue weighted by atomic mass is 10.1. The van der Waals surface area contributed by atoms with Gasteiger partial charge in [-0.1, -0.05) is 13.8 Å². The fourth-order valence-electron chi connectivity index (χ4n) is 2.15. The molecule has 1 atom stereocenters. The van der Waals surface area contributed by atoms with Gasteiger partial charge in [0.1, 0.15) is 12.9 Å². The summed E-state index contributed by atoms with van der Waals surface area (Å²) in [7, 11) is 0. The fraction of sp³-hybridized carbons (Fsp3) is 0.750. The highest BCUT2D eigenvalue weighted by molar-refractivity contribution is 5.79. The van der Waals surface area contributed by atoms with Crippen LogP contribution in [0.5, 0.6) is 0 Å². The molecule has 1 aromatic rings. The molecule has 0 aliphatic carbocycles. The van der Waals surface area contributed by atoms with Crippen LogP contribution < -0.4 is 0 Å². The molecule has 8 heteroatoms. The van der Waals surface area contributed by atoms with Gasteiger partial charge in [-0.3, -0.25) is 9.59 Å². The quantitative estimate of drug-likeness (QED) is 0.734. The molecule has 8 nitrogen and oxygen atoms in total. The molecular weight excluding hydrogens is 260 g/mol. The third-order valence-corrected chi connectivity index (χ3v) is 3.67. The predicted octanol–water partition coefficient (Wildman–Crippen LogP) is -0.610. The molecule has 2 rings (SSSR count). The Kier molecular flexibility index (Phi) is 4.65. The minimum absolute atomic E-state index is 0.0204. The van der Waals surface area contributed by atoms with E-state index in [9.17, 15) is 9.59 Å².